The highest BCUT2D eigenvalue weighted by atomic mass is 16.3. The number of nitrogens with two attached hydrogens (primary N) is 1. The molecular weight excluding hydrogens is 270 g/mol. The second-order valence-corrected chi connectivity index (χ2v) is 8.38. The Morgan fingerprint density at radius 3 is 2.18 bits per heavy atom. The summed E-state index contributed by atoms with van der Waals surface area (Å²) in [6.45, 7) is 2.41. The minimum Gasteiger partial charge on any atom is -0.508 e. The molecular formula is C20H30NO+. The predicted octanol–water partition coefficient (Wildman–Crippen LogP) is 3.10. The molecule has 0 saturated heterocycles. The number of aryl methyl sites for hydroxylation is 1. The molecule has 0 aliphatic heterocycles. The normalized spacial score (nSPS) is 37.4. The van der Waals surface area contributed by atoms with E-state index in [2.05, 4.69) is 24.4 Å². The van der Waals surface area contributed by atoms with Gasteiger partial charge in [-0.05, 0) is 75.0 Å². The van der Waals surface area contributed by atoms with Crippen LogP contribution in [0, 0.1) is 23.7 Å². The number of benzene rings is 1. The SMILES string of the molecule is C[C@H](CCc1ccc(O)cc1)[NH2+]C1C2CC3CC(C2)CC1C3. The number of hydrogen-bond donors (Lipinski definition) is 2. The van der Waals surface area contributed by atoms with Crippen LogP contribution in [0.4, 0.5) is 0 Å². The topological polar surface area (TPSA) is 36.8 Å². The van der Waals surface area contributed by atoms with Crippen LogP contribution in [-0.2, 0) is 6.42 Å². The quantitative estimate of drug-likeness (QED) is 0.861. The maximum Gasteiger partial charge on any atom is 0.115 e. The van der Waals surface area contributed by atoms with Gasteiger partial charge in [0.1, 0.15) is 5.75 Å². The molecule has 22 heavy (non-hydrogen) atoms. The molecule has 0 heterocycles. The summed E-state index contributed by atoms with van der Waals surface area (Å²) in [7, 11) is 0. The Hall–Kier alpha value is -1.02. The molecule has 4 bridgehead atoms. The number of quaternary nitrogens is 1. The van der Waals surface area contributed by atoms with Gasteiger partial charge in [0.25, 0.3) is 0 Å². The van der Waals surface area contributed by atoms with Crippen LogP contribution in [0.3, 0.4) is 0 Å². The van der Waals surface area contributed by atoms with E-state index in [1.54, 1.807) is 6.42 Å². The van der Waals surface area contributed by atoms with Crippen molar-refractivity contribution >= 4 is 0 Å². The fraction of sp³-hybridized carbons (Fsp3) is 0.700. The molecule has 0 amide bonds. The molecule has 2 heteroatoms. The maximum absolute atomic E-state index is 9.36. The average molecular weight is 300 g/mol. The van der Waals surface area contributed by atoms with E-state index in [1.165, 1.54) is 37.7 Å². The molecule has 5 rings (SSSR count). The van der Waals surface area contributed by atoms with Crippen molar-refractivity contribution in [1.82, 2.24) is 0 Å². The number of rotatable bonds is 5. The zero-order valence-corrected chi connectivity index (χ0v) is 13.7. The first-order valence-electron chi connectivity index (χ1n) is 9.30. The van der Waals surface area contributed by atoms with E-state index in [-0.39, 0.29) is 0 Å². The zero-order valence-electron chi connectivity index (χ0n) is 13.7. The van der Waals surface area contributed by atoms with E-state index in [4.69, 9.17) is 0 Å². The van der Waals surface area contributed by atoms with Gasteiger partial charge in [-0.1, -0.05) is 12.1 Å². The smallest absolute Gasteiger partial charge is 0.115 e. The third-order valence-electron chi connectivity index (χ3n) is 6.68. The first kappa shape index (κ1) is 14.6. The van der Waals surface area contributed by atoms with Gasteiger partial charge in [0.2, 0.25) is 0 Å². The van der Waals surface area contributed by atoms with Crippen molar-refractivity contribution in [2.75, 3.05) is 0 Å². The lowest BCUT2D eigenvalue weighted by molar-refractivity contribution is -0.736. The minimum atomic E-state index is 0.372. The van der Waals surface area contributed by atoms with Gasteiger partial charge in [0.15, 0.2) is 0 Å². The molecule has 0 spiro atoms. The minimum absolute atomic E-state index is 0.372. The molecule has 0 radical (unpaired) electrons. The van der Waals surface area contributed by atoms with Gasteiger partial charge in [0.05, 0.1) is 12.1 Å². The van der Waals surface area contributed by atoms with E-state index in [0.29, 0.717) is 5.75 Å². The molecule has 0 unspecified atom stereocenters. The van der Waals surface area contributed by atoms with Gasteiger partial charge in [-0.2, -0.15) is 0 Å². The average Bonchev–Trinajstić information content (AvgIpc) is 2.50. The molecule has 1 aromatic rings. The lowest BCUT2D eigenvalue weighted by Gasteiger charge is -2.53. The summed E-state index contributed by atoms with van der Waals surface area (Å²) < 4.78 is 0. The third-order valence-corrected chi connectivity index (χ3v) is 6.68. The van der Waals surface area contributed by atoms with Gasteiger partial charge in [-0.15, -0.1) is 0 Å². The Morgan fingerprint density at radius 2 is 1.59 bits per heavy atom. The molecule has 120 valence electrons. The van der Waals surface area contributed by atoms with E-state index < -0.39 is 0 Å². The summed E-state index contributed by atoms with van der Waals surface area (Å²) in [5.41, 5.74) is 1.35. The molecule has 3 N–H and O–H groups in total. The lowest BCUT2D eigenvalue weighted by atomic mass is 9.54. The molecule has 0 aromatic heterocycles. The van der Waals surface area contributed by atoms with Crippen molar-refractivity contribution < 1.29 is 10.4 Å². The molecule has 4 aliphatic carbocycles. The van der Waals surface area contributed by atoms with Gasteiger partial charge in [-0.25, -0.2) is 0 Å². The monoisotopic (exact) mass is 300 g/mol. The summed E-state index contributed by atoms with van der Waals surface area (Å²) in [6.07, 6.45) is 10.0. The van der Waals surface area contributed by atoms with Crippen LogP contribution in [0.25, 0.3) is 0 Å². The second-order valence-electron chi connectivity index (χ2n) is 8.38. The summed E-state index contributed by atoms with van der Waals surface area (Å²) in [6, 6.07) is 9.37. The predicted molar refractivity (Wildman–Crippen MR) is 88.6 cm³/mol. The number of phenolic OH excluding ortho intramolecular Hbond substituents is 1. The highest BCUT2D eigenvalue weighted by Gasteiger charge is 2.50. The number of phenols is 1. The van der Waals surface area contributed by atoms with Crippen LogP contribution in [0.1, 0.15) is 51.0 Å². The van der Waals surface area contributed by atoms with Crippen molar-refractivity contribution in [3.63, 3.8) is 0 Å². The fourth-order valence-electron chi connectivity index (χ4n) is 5.81. The lowest BCUT2D eigenvalue weighted by Crippen LogP contribution is -2.98. The highest BCUT2D eigenvalue weighted by molar-refractivity contribution is 5.25. The fourth-order valence-corrected chi connectivity index (χ4v) is 5.81. The van der Waals surface area contributed by atoms with Crippen LogP contribution in [-0.4, -0.2) is 17.2 Å². The first-order chi connectivity index (χ1) is 10.7. The third kappa shape index (κ3) is 2.90. The van der Waals surface area contributed by atoms with Crippen molar-refractivity contribution in [3.05, 3.63) is 29.8 Å². The molecule has 1 atom stereocenters. The Kier molecular flexibility index (Phi) is 3.89. The summed E-state index contributed by atoms with van der Waals surface area (Å²) in [4.78, 5) is 0. The Morgan fingerprint density at radius 1 is 1.00 bits per heavy atom. The van der Waals surface area contributed by atoms with Crippen LogP contribution < -0.4 is 5.32 Å². The highest BCUT2D eigenvalue weighted by Crippen LogP contribution is 2.52. The maximum atomic E-state index is 9.36. The molecule has 4 saturated carbocycles. The second kappa shape index (κ2) is 5.88. The number of aromatic hydroxyl groups is 1. The summed E-state index contributed by atoms with van der Waals surface area (Å²) >= 11 is 0. The van der Waals surface area contributed by atoms with Gasteiger partial charge in [-0.3, -0.25) is 0 Å². The molecule has 4 fully saturated rings. The van der Waals surface area contributed by atoms with Crippen molar-refractivity contribution in [2.45, 2.75) is 64.0 Å². The van der Waals surface area contributed by atoms with E-state index in [0.717, 1.165) is 42.2 Å². The zero-order chi connectivity index (χ0) is 15.1. The van der Waals surface area contributed by atoms with E-state index >= 15 is 0 Å². The van der Waals surface area contributed by atoms with Crippen LogP contribution in [0.5, 0.6) is 5.75 Å². The summed E-state index contributed by atoms with van der Waals surface area (Å²) in [5.74, 6) is 4.58. The Bertz CT molecular complexity index is 481. The van der Waals surface area contributed by atoms with Crippen LogP contribution in [0.2, 0.25) is 0 Å². The van der Waals surface area contributed by atoms with E-state index in [1.807, 2.05) is 12.1 Å². The molecule has 1 aromatic carbocycles. The first-order valence-corrected chi connectivity index (χ1v) is 9.30. The van der Waals surface area contributed by atoms with Crippen molar-refractivity contribution in [3.8, 4) is 5.75 Å². The number of hydrogen-bond acceptors (Lipinski definition) is 1. The summed E-state index contributed by atoms with van der Waals surface area (Å²) in [5, 5.41) is 12.1. The standard InChI is InChI=1S/C20H29NO/c1-13(2-3-14-4-6-19(22)7-5-14)21-20-17-9-15-8-16(11-17)12-18(20)10-15/h4-7,13,15-18,20-22H,2-3,8-12H2,1H3/p+1/t13-,15?,16?,17?,18?,20?/m1/s1. The largest absolute Gasteiger partial charge is 0.508 e. The Balaban J connectivity index is 1.30. The Labute approximate surface area is 134 Å². The molecule has 4 aliphatic rings. The van der Waals surface area contributed by atoms with Gasteiger partial charge >= 0.3 is 0 Å². The van der Waals surface area contributed by atoms with Crippen molar-refractivity contribution in [2.24, 2.45) is 23.7 Å². The van der Waals surface area contributed by atoms with Crippen molar-refractivity contribution in [1.29, 1.82) is 0 Å². The van der Waals surface area contributed by atoms with Gasteiger partial charge < -0.3 is 10.4 Å². The van der Waals surface area contributed by atoms with Crippen LogP contribution >= 0.6 is 0 Å². The van der Waals surface area contributed by atoms with Crippen LogP contribution in [0.15, 0.2) is 24.3 Å². The van der Waals surface area contributed by atoms with E-state index in [9.17, 15) is 5.11 Å². The van der Waals surface area contributed by atoms with Gasteiger partial charge in [0, 0.05) is 18.3 Å². The molecule has 2 nitrogen and oxygen atoms in total.